The van der Waals surface area contributed by atoms with Crippen molar-refractivity contribution in [3.63, 3.8) is 0 Å². The van der Waals surface area contributed by atoms with Crippen LogP contribution in [0.15, 0.2) is 54.6 Å². The van der Waals surface area contributed by atoms with Gasteiger partial charge in [-0.05, 0) is 29.3 Å². The molecule has 0 unspecified atom stereocenters. The van der Waals surface area contributed by atoms with E-state index in [1.807, 2.05) is 30.3 Å². The Hall–Kier alpha value is -1.90. The zero-order valence-electron chi connectivity index (χ0n) is 11.8. The van der Waals surface area contributed by atoms with E-state index in [9.17, 15) is 9.59 Å². The summed E-state index contributed by atoms with van der Waals surface area (Å²) in [5.74, 6) is -0.366. The van der Waals surface area contributed by atoms with Crippen LogP contribution in [0.25, 0.3) is 6.08 Å². The van der Waals surface area contributed by atoms with Crippen molar-refractivity contribution in [2.75, 3.05) is 0 Å². The first-order valence-electron chi connectivity index (χ1n) is 6.76. The van der Waals surface area contributed by atoms with Gasteiger partial charge in [0.05, 0.1) is 16.5 Å². The quantitative estimate of drug-likeness (QED) is 0.563. The van der Waals surface area contributed by atoms with Gasteiger partial charge in [0.25, 0.3) is 0 Å². The average Bonchev–Trinajstić information content (AvgIpc) is 2.50. The Morgan fingerprint density at radius 1 is 0.955 bits per heavy atom. The highest BCUT2D eigenvalue weighted by atomic mass is 35.5. The van der Waals surface area contributed by atoms with Gasteiger partial charge in [-0.15, -0.1) is 0 Å². The topological polar surface area (TPSA) is 34.1 Å². The minimum absolute atomic E-state index is 0.121. The molecule has 0 saturated carbocycles. The first-order valence-corrected chi connectivity index (χ1v) is 7.52. The maximum Gasteiger partial charge on any atom is 0.163 e. The van der Waals surface area contributed by atoms with Crippen molar-refractivity contribution in [2.24, 2.45) is 0 Å². The average molecular weight is 333 g/mol. The van der Waals surface area contributed by atoms with E-state index in [1.54, 1.807) is 24.3 Å². The van der Waals surface area contributed by atoms with Crippen molar-refractivity contribution < 1.29 is 9.59 Å². The van der Waals surface area contributed by atoms with Crippen molar-refractivity contribution in [3.05, 3.63) is 75.8 Å². The SMILES string of the molecule is O=C(/C=C/c1ccccc1)CC(=O)Cc1ccc(Cl)c(Cl)c1. The van der Waals surface area contributed by atoms with Gasteiger partial charge in [-0.2, -0.15) is 0 Å². The lowest BCUT2D eigenvalue weighted by Crippen LogP contribution is -2.08. The molecule has 0 bridgehead atoms. The fourth-order valence-electron chi connectivity index (χ4n) is 1.95. The molecule has 0 radical (unpaired) electrons. The van der Waals surface area contributed by atoms with E-state index in [-0.39, 0.29) is 24.4 Å². The van der Waals surface area contributed by atoms with Crippen molar-refractivity contribution in [1.29, 1.82) is 0 Å². The molecule has 2 aromatic carbocycles. The second-order valence-corrected chi connectivity index (χ2v) is 5.67. The molecular formula is C18H14Cl2O2. The van der Waals surface area contributed by atoms with Crippen LogP contribution in [0.4, 0.5) is 0 Å². The third kappa shape index (κ3) is 5.14. The van der Waals surface area contributed by atoms with Crippen molar-refractivity contribution in [2.45, 2.75) is 12.8 Å². The summed E-state index contributed by atoms with van der Waals surface area (Å²) in [5.41, 5.74) is 1.67. The molecule has 0 aliphatic heterocycles. The Morgan fingerprint density at radius 3 is 2.36 bits per heavy atom. The number of benzene rings is 2. The summed E-state index contributed by atoms with van der Waals surface area (Å²) < 4.78 is 0. The molecule has 4 heteroatoms. The van der Waals surface area contributed by atoms with Gasteiger partial charge in [-0.25, -0.2) is 0 Å². The smallest absolute Gasteiger partial charge is 0.163 e. The molecule has 0 saturated heterocycles. The van der Waals surface area contributed by atoms with E-state index >= 15 is 0 Å². The molecule has 112 valence electrons. The lowest BCUT2D eigenvalue weighted by Gasteiger charge is -2.02. The van der Waals surface area contributed by atoms with E-state index in [0.29, 0.717) is 10.0 Å². The Bertz CT molecular complexity index is 706. The standard InChI is InChI=1S/C18H14Cl2O2/c19-17-9-7-14(11-18(17)20)10-16(22)12-15(21)8-6-13-4-2-1-3-5-13/h1-9,11H,10,12H2/b8-6+. The highest BCUT2D eigenvalue weighted by Gasteiger charge is 2.09. The molecule has 0 aromatic heterocycles. The zero-order chi connectivity index (χ0) is 15.9. The van der Waals surface area contributed by atoms with Crippen molar-refractivity contribution in [3.8, 4) is 0 Å². The number of rotatable bonds is 6. The van der Waals surface area contributed by atoms with E-state index in [1.165, 1.54) is 6.08 Å². The number of ketones is 2. The van der Waals surface area contributed by atoms with Crippen molar-refractivity contribution in [1.82, 2.24) is 0 Å². The molecule has 0 N–H and O–H groups in total. The summed E-state index contributed by atoms with van der Waals surface area (Å²) in [6, 6.07) is 14.5. The maximum absolute atomic E-state index is 11.9. The maximum atomic E-state index is 11.9. The van der Waals surface area contributed by atoms with E-state index < -0.39 is 0 Å². The van der Waals surface area contributed by atoms with E-state index in [2.05, 4.69) is 0 Å². The lowest BCUT2D eigenvalue weighted by molar-refractivity contribution is -0.124. The first kappa shape index (κ1) is 16.5. The minimum Gasteiger partial charge on any atom is -0.299 e. The number of carbonyl (C=O) groups excluding carboxylic acids is 2. The van der Waals surface area contributed by atoms with Crippen LogP contribution in [0.5, 0.6) is 0 Å². The first-order chi connectivity index (χ1) is 10.5. The van der Waals surface area contributed by atoms with Gasteiger partial charge in [-0.1, -0.05) is 65.7 Å². The largest absolute Gasteiger partial charge is 0.299 e. The van der Waals surface area contributed by atoms with Gasteiger partial charge in [0.2, 0.25) is 0 Å². The van der Waals surface area contributed by atoms with Gasteiger partial charge in [-0.3, -0.25) is 9.59 Å². The van der Waals surface area contributed by atoms with Crippen LogP contribution in [0.3, 0.4) is 0 Å². The highest BCUT2D eigenvalue weighted by Crippen LogP contribution is 2.23. The molecule has 0 aliphatic carbocycles. The summed E-state index contributed by atoms with van der Waals surface area (Å²) in [4.78, 5) is 23.7. The molecule has 0 heterocycles. The number of halogens is 2. The van der Waals surface area contributed by atoms with Crippen LogP contribution in [-0.4, -0.2) is 11.6 Å². The third-order valence-corrected chi connectivity index (χ3v) is 3.76. The molecule has 0 fully saturated rings. The van der Waals surface area contributed by atoms with E-state index in [0.717, 1.165) is 11.1 Å². The molecule has 2 aromatic rings. The van der Waals surface area contributed by atoms with Crippen LogP contribution in [0.1, 0.15) is 17.5 Å². The molecule has 0 atom stereocenters. The molecule has 0 spiro atoms. The Kier molecular flexibility index (Phi) is 5.93. The third-order valence-electron chi connectivity index (χ3n) is 3.02. The van der Waals surface area contributed by atoms with Gasteiger partial charge in [0.1, 0.15) is 5.78 Å². The molecule has 2 nitrogen and oxygen atoms in total. The fourth-order valence-corrected chi connectivity index (χ4v) is 2.27. The van der Waals surface area contributed by atoms with Crippen LogP contribution in [0, 0.1) is 0 Å². The van der Waals surface area contributed by atoms with Crippen LogP contribution >= 0.6 is 23.2 Å². The normalized spacial score (nSPS) is 10.8. The predicted octanol–water partition coefficient (Wildman–Crippen LogP) is 4.78. The predicted molar refractivity (Wildman–Crippen MR) is 90.3 cm³/mol. The summed E-state index contributed by atoms with van der Waals surface area (Å²) in [5, 5.41) is 0.849. The number of hydrogen-bond acceptors (Lipinski definition) is 2. The monoisotopic (exact) mass is 332 g/mol. The van der Waals surface area contributed by atoms with Gasteiger partial charge >= 0.3 is 0 Å². The van der Waals surface area contributed by atoms with E-state index in [4.69, 9.17) is 23.2 Å². The van der Waals surface area contributed by atoms with Gasteiger partial charge < -0.3 is 0 Å². The van der Waals surface area contributed by atoms with Crippen LogP contribution in [0.2, 0.25) is 10.0 Å². The number of allylic oxidation sites excluding steroid dienone is 1. The fraction of sp³-hybridized carbons (Fsp3) is 0.111. The van der Waals surface area contributed by atoms with Crippen molar-refractivity contribution >= 4 is 40.8 Å². The minimum atomic E-state index is -0.214. The van der Waals surface area contributed by atoms with Gasteiger partial charge in [0, 0.05) is 6.42 Å². The number of carbonyl (C=O) groups is 2. The molecule has 2 rings (SSSR count). The Labute approximate surface area is 139 Å². The second-order valence-electron chi connectivity index (χ2n) is 4.85. The number of Topliss-reactive ketones (excluding diaryl/α,β-unsaturated/α-hetero) is 1. The molecule has 0 aliphatic rings. The lowest BCUT2D eigenvalue weighted by atomic mass is 10.0. The second kappa shape index (κ2) is 7.92. The van der Waals surface area contributed by atoms with Crippen LogP contribution in [-0.2, 0) is 16.0 Å². The zero-order valence-corrected chi connectivity index (χ0v) is 13.3. The molecule has 22 heavy (non-hydrogen) atoms. The number of hydrogen-bond donors (Lipinski definition) is 0. The van der Waals surface area contributed by atoms with Gasteiger partial charge in [0.15, 0.2) is 5.78 Å². The summed E-state index contributed by atoms with van der Waals surface area (Å²) >= 11 is 11.7. The van der Waals surface area contributed by atoms with Crippen LogP contribution < -0.4 is 0 Å². The summed E-state index contributed by atoms with van der Waals surface area (Å²) in [6.07, 6.45) is 3.18. The molecular weight excluding hydrogens is 319 g/mol. The summed E-state index contributed by atoms with van der Waals surface area (Å²) in [6.45, 7) is 0. The Morgan fingerprint density at radius 2 is 1.68 bits per heavy atom. The summed E-state index contributed by atoms with van der Waals surface area (Å²) in [7, 11) is 0. The highest BCUT2D eigenvalue weighted by molar-refractivity contribution is 6.42. The molecule has 0 amide bonds. The Balaban J connectivity index is 1.90.